The van der Waals surface area contributed by atoms with Crippen LogP contribution < -0.4 is 5.73 Å². The highest BCUT2D eigenvalue weighted by Gasteiger charge is 2.53. The lowest BCUT2D eigenvalue weighted by atomic mass is 9.84. The Bertz CT molecular complexity index is 976. The van der Waals surface area contributed by atoms with E-state index in [2.05, 4.69) is 74.3 Å². The van der Waals surface area contributed by atoms with Gasteiger partial charge in [-0.05, 0) is 67.5 Å². The van der Waals surface area contributed by atoms with Crippen LogP contribution in [0.25, 0.3) is 0 Å². The van der Waals surface area contributed by atoms with Crippen molar-refractivity contribution in [1.29, 1.82) is 0 Å². The summed E-state index contributed by atoms with van der Waals surface area (Å²) in [5, 5.41) is 11.2. The van der Waals surface area contributed by atoms with Crippen molar-refractivity contribution in [3.05, 3.63) is 12.2 Å². The first-order valence-corrected chi connectivity index (χ1v) is 22.8. The number of aliphatic hydroxyl groups is 1. The number of fused-ring (bicyclic) bond motifs is 1. The van der Waals surface area contributed by atoms with Crippen LogP contribution in [0.15, 0.2) is 12.2 Å². The monoisotopic (exact) mass is 671 g/mol. The topological polar surface area (TPSA) is 127 Å². The first kappa shape index (κ1) is 40.2. The smallest absolute Gasteiger partial charge is 0.303 e. The van der Waals surface area contributed by atoms with Gasteiger partial charge in [0.2, 0.25) is 0 Å². The SMILES string of the molecule is C=C(CCCCCC=O)C(O)C[C@@H]1O[C@H]2CC(O[Si](C)(C)C(C)(C)C)C(CCO[Si](C)(C)C(C)(C)C)O[C@H]2[C@H](N)[C@H]1OC(C)=O. The van der Waals surface area contributed by atoms with Crippen molar-refractivity contribution < 1.29 is 37.8 Å². The number of rotatable bonds is 16. The maximum absolute atomic E-state index is 12.2. The van der Waals surface area contributed by atoms with Crippen LogP contribution in [-0.4, -0.2) is 89.4 Å². The van der Waals surface area contributed by atoms with Crippen LogP contribution in [0.1, 0.15) is 99.8 Å². The van der Waals surface area contributed by atoms with Gasteiger partial charge >= 0.3 is 5.97 Å². The van der Waals surface area contributed by atoms with Gasteiger partial charge in [0.1, 0.15) is 18.5 Å². The molecule has 8 atom stereocenters. The maximum atomic E-state index is 12.2. The van der Waals surface area contributed by atoms with E-state index in [9.17, 15) is 14.7 Å². The van der Waals surface area contributed by atoms with Gasteiger partial charge in [0.05, 0.1) is 36.6 Å². The summed E-state index contributed by atoms with van der Waals surface area (Å²) in [4.78, 5) is 22.8. The second kappa shape index (κ2) is 16.5. The second-order valence-corrected chi connectivity index (χ2v) is 25.8. The van der Waals surface area contributed by atoms with Crippen molar-refractivity contribution in [3.8, 4) is 0 Å². The third kappa shape index (κ3) is 11.3. The van der Waals surface area contributed by atoms with Gasteiger partial charge in [-0.25, -0.2) is 0 Å². The molecule has 11 heteroatoms. The number of nitrogens with two attached hydrogens (primary N) is 1. The molecule has 0 aromatic rings. The minimum Gasteiger partial charge on any atom is -0.458 e. The molecule has 0 radical (unpaired) electrons. The van der Waals surface area contributed by atoms with E-state index < -0.39 is 53.1 Å². The van der Waals surface area contributed by atoms with Crippen molar-refractivity contribution in [2.45, 2.75) is 185 Å². The fourth-order valence-electron chi connectivity index (χ4n) is 5.53. The number of carbonyl (C=O) groups is 2. The van der Waals surface area contributed by atoms with Gasteiger partial charge in [-0.15, -0.1) is 0 Å². The second-order valence-electron chi connectivity index (χ2n) is 16.2. The molecular formula is C34H65NO8Si2. The third-order valence-corrected chi connectivity index (χ3v) is 19.6. The van der Waals surface area contributed by atoms with Gasteiger partial charge in [-0.3, -0.25) is 4.79 Å². The molecule has 2 aliphatic heterocycles. The first-order chi connectivity index (χ1) is 20.6. The summed E-state index contributed by atoms with van der Waals surface area (Å²) in [7, 11) is -4.12. The quantitative estimate of drug-likeness (QED) is 0.0628. The zero-order valence-electron chi connectivity index (χ0n) is 30.1. The number of hydrogen-bond donors (Lipinski definition) is 2. The summed E-state index contributed by atoms with van der Waals surface area (Å²) in [6, 6.07) is -0.640. The van der Waals surface area contributed by atoms with E-state index >= 15 is 0 Å². The zero-order chi connectivity index (χ0) is 34.4. The molecule has 9 nitrogen and oxygen atoms in total. The summed E-state index contributed by atoms with van der Waals surface area (Å²) in [5.41, 5.74) is 7.54. The van der Waals surface area contributed by atoms with Crippen molar-refractivity contribution in [3.63, 3.8) is 0 Å². The van der Waals surface area contributed by atoms with E-state index in [0.717, 1.165) is 25.5 Å². The molecule has 0 aliphatic carbocycles. The highest BCUT2D eigenvalue weighted by molar-refractivity contribution is 6.74. The largest absolute Gasteiger partial charge is 0.458 e. The molecule has 0 amide bonds. The highest BCUT2D eigenvalue weighted by atomic mass is 28.4. The molecular weight excluding hydrogens is 607 g/mol. The predicted octanol–water partition coefficient (Wildman–Crippen LogP) is 6.43. The van der Waals surface area contributed by atoms with Crippen molar-refractivity contribution in [2.24, 2.45) is 5.73 Å². The molecule has 3 N–H and O–H groups in total. The number of esters is 1. The first-order valence-electron chi connectivity index (χ1n) is 17.0. The Labute approximate surface area is 275 Å². The molecule has 3 unspecified atom stereocenters. The average molecular weight is 672 g/mol. The Morgan fingerprint density at radius 2 is 1.64 bits per heavy atom. The Morgan fingerprint density at radius 3 is 2.20 bits per heavy atom. The van der Waals surface area contributed by atoms with Gasteiger partial charge < -0.3 is 38.7 Å². The maximum Gasteiger partial charge on any atom is 0.303 e. The Kier molecular flexibility index (Phi) is 14.7. The summed E-state index contributed by atoms with van der Waals surface area (Å²) in [6.07, 6.45) is 2.56. The Hall–Kier alpha value is -0.926. The molecule has 2 rings (SSSR count). The number of carbonyl (C=O) groups excluding carboxylic acids is 2. The number of aliphatic hydroxyl groups excluding tert-OH is 1. The van der Waals surface area contributed by atoms with Gasteiger partial charge in [0.25, 0.3) is 0 Å². The molecule has 0 saturated carbocycles. The molecule has 0 aromatic heterocycles. The fourth-order valence-corrected chi connectivity index (χ4v) is 7.95. The van der Waals surface area contributed by atoms with E-state index in [1.165, 1.54) is 6.92 Å². The van der Waals surface area contributed by atoms with Crippen LogP contribution in [0.2, 0.25) is 36.3 Å². The van der Waals surface area contributed by atoms with Crippen LogP contribution in [0.5, 0.6) is 0 Å². The number of ether oxygens (including phenoxy) is 3. The summed E-state index contributed by atoms with van der Waals surface area (Å²) in [5.74, 6) is -0.458. The van der Waals surface area contributed by atoms with Crippen molar-refractivity contribution in [2.75, 3.05) is 6.61 Å². The molecule has 2 heterocycles. The lowest BCUT2D eigenvalue weighted by molar-refractivity contribution is -0.256. The van der Waals surface area contributed by atoms with Crippen LogP contribution >= 0.6 is 0 Å². The van der Waals surface area contributed by atoms with Crippen LogP contribution in [-0.2, 0) is 32.7 Å². The van der Waals surface area contributed by atoms with E-state index in [4.69, 9.17) is 28.8 Å². The molecule has 0 aromatic carbocycles. The lowest BCUT2D eigenvalue weighted by Gasteiger charge is -2.52. The van der Waals surface area contributed by atoms with E-state index in [1.54, 1.807) is 0 Å². The molecule has 0 spiro atoms. The minimum absolute atomic E-state index is 0.0104. The normalized spacial score (nSPS) is 28.7. The summed E-state index contributed by atoms with van der Waals surface area (Å²) >= 11 is 0. The number of hydrogen-bond acceptors (Lipinski definition) is 9. The van der Waals surface area contributed by atoms with Crippen LogP contribution in [0, 0.1) is 0 Å². The van der Waals surface area contributed by atoms with Gasteiger partial charge in [0.15, 0.2) is 16.6 Å². The molecule has 2 saturated heterocycles. The van der Waals surface area contributed by atoms with Crippen molar-refractivity contribution in [1.82, 2.24) is 0 Å². The van der Waals surface area contributed by atoms with Gasteiger partial charge in [-0.2, -0.15) is 0 Å². The highest BCUT2D eigenvalue weighted by Crippen LogP contribution is 2.42. The van der Waals surface area contributed by atoms with Crippen LogP contribution in [0.3, 0.4) is 0 Å². The fraction of sp³-hybridized carbons (Fsp3) is 0.882. The molecule has 2 aliphatic rings. The number of aldehydes is 1. The summed E-state index contributed by atoms with van der Waals surface area (Å²) < 4.78 is 32.6. The Balaban J connectivity index is 2.26. The molecule has 2 fully saturated rings. The van der Waals surface area contributed by atoms with Gasteiger partial charge in [-0.1, -0.05) is 54.5 Å². The zero-order valence-corrected chi connectivity index (χ0v) is 32.1. The van der Waals surface area contributed by atoms with Crippen molar-refractivity contribution >= 4 is 28.9 Å². The van der Waals surface area contributed by atoms with E-state index in [-0.39, 0.29) is 34.8 Å². The average Bonchev–Trinajstić information content (AvgIpc) is 2.89. The van der Waals surface area contributed by atoms with Crippen LogP contribution in [0.4, 0.5) is 0 Å². The van der Waals surface area contributed by atoms with Gasteiger partial charge in [0, 0.05) is 32.8 Å². The summed E-state index contributed by atoms with van der Waals surface area (Å²) in [6.45, 7) is 28.4. The minimum atomic E-state index is -2.17. The van der Waals surface area contributed by atoms with E-state index in [1.807, 2.05) is 0 Å². The standard InChI is InChI=1S/C34H65NO8Si2/c1-23(17-15-13-14-16-19-36)25(38)21-28-31(40-24(2)37)30(35)32-29(41-28)22-27(43-45(11,12)34(6,7)8)26(42-32)18-20-39-44(9,10)33(3,4)5/h19,25-32,38H,1,13-18,20-22,35H2,2-12H3/t25?,26?,27?,28-,29-,30+,31-,32+/m0/s1. The number of unbranched alkanes of at least 4 members (excludes halogenated alkanes) is 3. The predicted molar refractivity (Wildman–Crippen MR) is 184 cm³/mol. The molecule has 45 heavy (non-hydrogen) atoms. The lowest BCUT2D eigenvalue weighted by Crippen LogP contribution is -2.68. The van der Waals surface area contributed by atoms with E-state index in [0.29, 0.717) is 37.9 Å². The Morgan fingerprint density at radius 1 is 1.02 bits per heavy atom. The third-order valence-electron chi connectivity index (χ3n) is 10.5. The molecule has 262 valence electrons. The molecule has 0 bridgehead atoms.